The molecule has 3 N–H and O–H groups in total. The number of hydrogen-bond acceptors (Lipinski definition) is 6. The molecule has 0 saturated heterocycles. The molecule has 0 aromatic carbocycles. The smallest absolute Gasteiger partial charge is 0.226 e. The number of hydrogen-bond donors (Lipinski definition) is 3. The Morgan fingerprint density at radius 1 is 1.26 bits per heavy atom. The van der Waals surface area contributed by atoms with Crippen LogP contribution in [0.5, 0.6) is 0 Å². The number of anilines is 2. The molecule has 0 amide bonds. The number of rotatable bonds is 8. The van der Waals surface area contributed by atoms with Gasteiger partial charge in [-0.3, -0.25) is 0 Å². The summed E-state index contributed by atoms with van der Waals surface area (Å²) in [5.74, 6) is 1.36. The van der Waals surface area contributed by atoms with Crippen molar-refractivity contribution >= 4 is 22.9 Å². The van der Waals surface area contributed by atoms with E-state index in [1.807, 2.05) is 0 Å². The fourth-order valence-corrected chi connectivity index (χ4v) is 1.83. The van der Waals surface area contributed by atoms with Crippen LogP contribution in [0.25, 0.3) is 11.2 Å². The number of nitrogens with zero attached hydrogens (tertiary/aromatic N) is 3. The first kappa shape index (κ1) is 13.5. The first-order valence-corrected chi connectivity index (χ1v) is 6.47. The van der Waals surface area contributed by atoms with Crippen molar-refractivity contribution in [1.29, 1.82) is 0 Å². The molecule has 0 aliphatic carbocycles. The summed E-state index contributed by atoms with van der Waals surface area (Å²) < 4.78 is 5.02. The van der Waals surface area contributed by atoms with Crippen LogP contribution in [0, 0.1) is 0 Å². The van der Waals surface area contributed by atoms with Gasteiger partial charge in [-0.1, -0.05) is 0 Å². The highest BCUT2D eigenvalue weighted by Gasteiger charge is 2.08. The molecule has 0 aliphatic heterocycles. The van der Waals surface area contributed by atoms with Crippen molar-refractivity contribution in [3.05, 3.63) is 6.33 Å². The molecule has 2 aromatic heterocycles. The van der Waals surface area contributed by atoms with Crippen molar-refractivity contribution in [2.45, 2.75) is 19.3 Å². The van der Waals surface area contributed by atoms with Crippen molar-refractivity contribution < 1.29 is 4.74 Å². The topological polar surface area (TPSA) is 87.8 Å². The number of nitrogens with one attached hydrogen (secondary N) is 3. The largest absolute Gasteiger partial charge is 0.385 e. The van der Waals surface area contributed by atoms with E-state index in [1.165, 1.54) is 0 Å². The number of H-pyrrole nitrogens is 1. The third-order valence-corrected chi connectivity index (χ3v) is 2.83. The molecule has 0 fully saturated rings. The van der Waals surface area contributed by atoms with Gasteiger partial charge in [-0.25, -0.2) is 4.98 Å². The molecule has 7 nitrogen and oxygen atoms in total. The van der Waals surface area contributed by atoms with E-state index >= 15 is 0 Å². The minimum atomic E-state index is 0.571. The van der Waals surface area contributed by atoms with Gasteiger partial charge in [0.05, 0.1) is 6.33 Å². The molecule has 104 valence electrons. The van der Waals surface area contributed by atoms with Gasteiger partial charge < -0.3 is 20.4 Å². The molecule has 0 bridgehead atoms. The van der Waals surface area contributed by atoms with Gasteiger partial charge in [0.25, 0.3) is 0 Å². The van der Waals surface area contributed by atoms with Crippen LogP contribution in [-0.4, -0.2) is 47.2 Å². The molecule has 7 heteroatoms. The molecular formula is C12H20N6O. The summed E-state index contributed by atoms with van der Waals surface area (Å²) in [6, 6.07) is 0. The number of aromatic amines is 1. The van der Waals surface area contributed by atoms with Crippen molar-refractivity contribution in [3.8, 4) is 0 Å². The summed E-state index contributed by atoms with van der Waals surface area (Å²) in [5, 5.41) is 6.26. The van der Waals surface area contributed by atoms with Gasteiger partial charge >= 0.3 is 0 Å². The summed E-state index contributed by atoms with van der Waals surface area (Å²) >= 11 is 0. The van der Waals surface area contributed by atoms with Crippen LogP contribution in [0.15, 0.2) is 6.33 Å². The maximum absolute atomic E-state index is 5.02. The molecule has 0 unspecified atom stereocenters. The van der Waals surface area contributed by atoms with Crippen LogP contribution >= 0.6 is 0 Å². The van der Waals surface area contributed by atoms with Gasteiger partial charge in [0, 0.05) is 27.3 Å². The maximum Gasteiger partial charge on any atom is 0.226 e. The summed E-state index contributed by atoms with van der Waals surface area (Å²) in [6.45, 7) is 1.69. The Labute approximate surface area is 112 Å². The number of unbranched alkanes of at least 4 members (excludes halogenated alkanes) is 2. The standard InChI is InChI=1S/C12H20N6O/c1-13-12-17-10(9-11(18-12)16-8-15-9)14-6-4-3-5-7-19-2/h8H,3-7H2,1-2H3,(H3,13,14,15,16,17,18). The zero-order valence-electron chi connectivity index (χ0n) is 11.4. The average molecular weight is 264 g/mol. The van der Waals surface area contributed by atoms with E-state index in [9.17, 15) is 0 Å². The zero-order valence-corrected chi connectivity index (χ0v) is 11.4. The molecule has 0 spiro atoms. The molecule has 0 atom stereocenters. The minimum Gasteiger partial charge on any atom is -0.385 e. The molecule has 2 rings (SSSR count). The predicted octanol–water partition coefficient (Wildman–Crippen LogP) is 1.62. The average Bonchev–Trinajstić information content (AvgIpc) is 2.90. The van der Waals surface area contributed by atoms with Crippen LogP contribution in [0.2, 0.25) is 0 Å². The van der Waals surface area contributed by atoms with E-state index in [4.69, 9.17) is 4.74 Å². The third kappa shape index (κ3) is 3.54. The normalized spacial score (nSPS) is 10.8. The van der Waals surface area contributed by atoms with Gasteiger partial charge in [-0.15, -0.1) is 0 Å². The second kappa shape index (κ2) is 6.89. The lowest BCUT2D eigenvalue weighted by molar-refractivity contribution is 0.192. The molecule has 19 heavy (non-hydrogen) atoms. The third-order valence-electron chi connectivity index (χ3n) is 2.83. The number of methoxy groups -OCH3 is 1. The first-order chi connectivity index (χ1) is 9.35. The molecular weight excluding hydrogens is 244 g/mol. The fourth-order valence-electron chi connectivity index (χ4n) is 1.83. The Hall–Kier alpha value is -1.89. The Balaban J connectivity index is 1.93. The second-order valence-corrected chi connectivity index (χ2v) is 4.23. The molecule has 2 aromatic rings. The quantitative estimate of drug-likeness (QED) is 0.628. The Bertz CT molecular complexity index is 512. The highest BCUT2D eigenvalue weighted by atomic mass is 16.5. The van der Waals surface area contributed by atoms with Gasteiger partial charge in [-0.05, 0) is 19.3 Å². The van der Waals surface area contributed by atoms with Crippen LogP contribution in [0.3, 0.4) is 0 Å². The Morgan fingerprint density at radius 3 is 2.95 bits per heavy atom. The minimum absolute atomic E-state index is 0.571. The van der Waals surface area contributed by atoms with Gasteiger partial charge in [0.2, 0.25) is 5.95 Å². The van der Waals surface area contributed by atoms with Crippen molar-refractivity contribution in [2.24, 2.45) is 0 Å². The SMILES string of the molecule is CNc1nc(NCCCCCOC)c2[nH]cnc2n1. The number of ether oxygens (including phenoxy) is 1. The lowest BCUT2D eigenvalue weighted by Crippen LogP contribution is -2.07. The maximum atomic E-state index is 5.02. The Morgan fingerprint density at radius 2 is 2.16 bits per heavy atom. The molecule has 0 radical (unpaired) electrons. The number of aromatic nitrogens is 4. The fraction of sp³-hybridized carbons (Fsp3) is 0.583. The van der Waals surface area contributed by atoms with Gasteiger partial charge in [0.15, 0.2) is 11.5 Å². The highest BCUT2D eigenvalue weighted by molar-refractivity contribution is 5.83. The van der Waals surface area contributed by atoms with Crippen LogP contribution in [0.1, 0.15) is 19.3 Å². The predicted molar refractivity (Wildman–Crippen MR) is 75.4 cm³/mol. The number of imidazole rings is 1. The van der Waals surface area contributed by atoms with Crippen molar-refractivity contribution in [3.63, 3.8) is 0 Å². The van der Waals surface area contributed by atoms with Crippen LogP contribution in [-0.2, 0) is 4.74 Å². The molecule has 2 heterocycles. The lowest BCUT2D eigenvalue weighted by Gasteiger charge is -2.07. The lowest BCUT2D eigenvalue weighted by atomic mass is 10.2. The molecule has 0 saturated carbocycles. The highest BCUT2D eigenvalue weighted by Crippen LogP contribution is 2.18. The Kier molecular flexibility index (Phi) is 4.91. The van der Waals surface area contributed by atoms with E-state index in [-0.39, 0.29) is 0 Å². The van der Waals surface area contributed by atoms with Crippen molar-refractivity contribution in [1.82, 2.24) is 19.9 Å². The summed E-state index contributed by atoms with van der Waals surface area (Å²) in [4.78, 5) is 15.9. The zero-order chi connectivity index (χ0) is 13.5. The number of fused-ring (bicyclic) bond motifs is 1. The first-order valence-electron chi connectivity index (χ1n) is 6.47. The van der Waals surface area contributed by atoms with E-state index in [2.05, 4.69) is 30.6 Å². The monoisotopic (exact) mass is 264 g/mol. The second-order valence-electron chi connectivity index (χ2n) is 4.23. The van der Waals surface area contributed by atoms with E-state index in [1.54, 1.807) is 20.5 Å². The van der Waals surface area contributed by atoms with E-state index < -0.39 is 0 Å². The van der Waals surface area contributed by atoms with Crippen molar-refractivity contribution in [2.75, 3.05) is 37.9 Å². The summed E-state index contributed by atoms with van der Waals surface area (Å²) in [6.07, 6.45) is 4.93. The van der Waals surface area contributed by atoms with Crippen LogP contribution in [0.4, 0.5) is 11.8 Å². The van der Waals surface area contributed by atoms with E-state index in [0.29, 0.717) is 11.6 Å². The van der Waals surface area contributed by atoms with Gasteiger partial charge in [0.1, 0.15) is 5.52 Å². The summed E-state index contributed by atoms with van der Waals surface area (Å²) in [5.41, 5.74) is 1.51. The summed E-state index contributed by atoms with van der Waals surface area (Å²) in [7, 11) is 3.52. The van der Waals surface area contributed by atoms with Crippen LogP contribution < -0.4 is 10.6 Å². The van der Waals surface area contributed by atoms with E-state index in [0.717, 1.165) is 43.7 Å². The molecule has 0 aliphatic rings. The van der Waals surface area contributed by atoms with Gasteiger partial charge in [-0.2, -0.15) is 9.97 Å².